The van der Waals surface area contributed by atoms with E-state index >= 15 is 0 Å². The lowest BCUT2D eigenvalue weighted by atomic mass is 10.2. The number of ether oxygens (including phenoxy) is 1. The lowest BCUT2D eigenvalue weighted by Gasteiger charge is -2.09. The van der Waals surface area contributed by atoms with Gasteiger partial charge in [-0.05, 0) is 24.3 Å². The highest BCUT2D eigenvalue weighted by Crippen LogP contribution is 2.20. The first-order chi connectivity index (χ1) is 9.08. The first-order valence-electron chi connectivity index (χ1n) is 5.61. The van der Waals surface area contributed by atoms with Crippen LogP contribution in [0.1, 0.15) is 5.56 Å². The van der Waals surface area contributed by atoms with E-state index in [0.717, 1.165) is 0 Å². The molecule has 0 atom stereocenters. The maximum absolute atomic E-state index is 13.7. The van der Waals surface area contributed by atoms with E-state index in [4.69, 9.17) is 16.3 Å². The molecule has 0 fully saturated rings. The Morgan fingerprint density at radius 1 is 1.16 bits per heavy atom. The molecule has 5 heteroatoms. The van der Waals surface area contributed by atoms with Crippen LogP contribution >= 0.6 is 11.6 Å². The van der Waals surface area contributed by atoms with Crippen LogP contribution in [0.5, 0.6) is 5.75 Å². The molecule has 0 unspecified atom stereocenters. The number of rotatable bonds is 4. The van der Waals surface area contributed by atoms with Crippen LogP contribution in [0.4, 0.5) is 14.5 Å². The number of benzene rings is 2. The van der Waals surface area contributed by atoms with E-state index in [9.17, 15) is 8.78 Å². The summed E-state index contributed by atoms with van der Waals surface area (Å²) in [5.74, 6) is -0.366. The summed E-state index contributed by atoms with van der Waals surface area (Å²) in [4.78, 5) is 0. The third kappa shape index (κ3) is 3.58. The lowest BCUT2D eigenvalue weighted by molar-refractivity contribution is 0.411. The first-order valence-corrected chi connectivity index (χ1v) is 5.98. The second-order valence-corrected chi connectivity index (χ2v) is 4.41. The van der Waals surface area contributed by atoms with Crippen LogP contribution in [-0.4, -0.2) is 7.11 Å². The van der Waals surface area contributed by atoms with E-state index in [-0.39, 0.29) is 17.4 Å². The number of methoxy groups -OCH3 is 1. The second-order valence-electron chi connectivity index (χ2n) is 3.97. The van der Waals surface area contributed by atoms with E-state index in [1.54, 1.807) is 18.2 Å². The smallest absolute Gasteiger partial charge is 0.131 e. The summed E-state index contributed by atoms with van der Waals surface area (Å²) in [7, 11) is 1.47. The van der Waals surface area contributed by atoms with E-state index < -0.39 is 5.82 Å². The molecule has 2 rings (SSSR count). The van der Waals surface area contributed by atoms with Crippen molar-refractivity contribution in [1.29, 1.82) is 0 Å². The van der Waals surface area contributed by atoms with E-state index in [1.165, 1.54) is 25.3 Å². The van der Waals surface area contributed by atoms with Gasteiger partial charge in [0.15, 0.2) is 0 Å². The van der Waals surface area contributed by atoms with Crippen LogP contribution < -0.4 is 10.1 Å². The molecule has 0 aliphatic rings. The Balaban J connectivity index is 2.10. The molecule has 1 N–H and O–H groups in total. The summed E-state index contributed by atoms with van der Waals surface area (Å²) in [5.41, 5.74) is 0.960. The molecule has 2 aromatic carbocycles. The highest BCUT2D eigenvalue weighted by Gasteiger charge is 2.05. The standard InChI is InChI=1S/C14H12ClF2NO/c1-19-13-3-2-9(14(17)7-13)8-18-12-5-10(15)4-11(16)6-12/h2-7,18H,8H2,1H3. The molecule has 19 heavy (non-hydrogen) atoms. The van der Waals surface area contributed by atoms with Crippen LogP contribution in [-0.2, 0) is 6.54 Å². The maximum Gasteiger partial charge on any atom is 0.131 e. The zero-order chi connectivity index (χ0) is 13.8. The first kappa shape index (κ1) is 13.6. The molecule has 0 saturated carbocycles. The lowest BCUT2D eigenvalue weighted by Crippen LogP contribution is -2.02. The van der Waals surface area contributed by atoms with E-state index in [0.29, 0.717) is 17.0 Å². The summed E-state index contributed by atoms with van der Waals surface area (Å²) in [5, 5.41) is 3.21. The van der Waals surface area contributed by atoms with E-state index in [1.807, 2.05) is 0 Å². The van der Waals surface area contributed by atoms with Crippen LogP contribution in [0, 0.1) is 11.6 Å². The minimum Gasteiger partial charge on any atom is -0.497 e. The van der Waals surface area contributed by atoms with Crippen molar-refractivity contribution in [2.45, 2.75) is 6.54 Å². The minimum atomic E-state index is -0.440. The monoisotopic (exact) mass is 283 g/mol. The summed E-state index contributed by atoms with van der Waals surface area (Å²) in [6.45, 7) is 0.232. The minimum absolute atomic E-state index is 0.232. The largest absolute Gasteiger partial charge is 0.497 e. The second kappa shape index (κ2) is 5.89. The van der Waals surface area contributed by atoms with Crippen LogP contribution in [0.15, 0.2) is 36.4 Å². The van der Waals surface area contributed by atoms with E-state index in [2.05, 4.69) is 5.32 Å². The molecule has 0 aromatic heterocycles. The third-order valence-corrected chi connectivity index (χ3v) is 2.82. The fraction of sp³-hybridized carbons (Fsp3) is 0.143. The van der Waals surface area contributed by atoms with Crippen molar-refractivity contribution in [3.63, 3.8) is 0 Å². The zero-order valence-corrected chi connectivity index (χ0v) is 11.0. The Labute approximate surface area is 115 Å². The van der Waals surface area contributed by atoms with Gasteiger partial charge in [0.2, 0.25) is 0 Å². The number of hydrogen-bond donors (Lipinski definition) is 1. The van der Waals surface area contributed by atoms with Crippen molar-refractivity contribution in [1.82, 2.24) is 0 Å². The Morgan fingerprint density at radius 3 is 2.58 bits per heavy atom. The van der Waals surface area contributed by atoms with Crippen molar-refractivity contribution < 1.29 is 13.5 Å². The van der Waals surface area contributed by atoms with Gasteiger partial charge in [-0.15, -0.1) is 0 Å². The fourth-order valence-electron chi connectivity index (χ4n) is 1.65. The van der Waals surface area contributed by atoms with Gasteiger partial charge in [-0.3, -0.25) is 0 Å². The molecule has 0 spiro atoms. The number of halogens is 3. The topological polar surface area (TPSA) is 21.3 Å². The maximum atomic E-state index is 13.7. The molecule has 2 aromatic rings. The van der Waals surface area contributed by atoms with Crippen LogP contribution in [0.2, 0.25) is 5.02 Å². The fourth-order valence-corrected chi connectivity index (χ4v) is 1.87. The molecular weight excluding hydrogens is 272 g/mol. The Morgan fingerprint density at radius 2 is 1.95 bits per heavy atom. The summed E-state index contributed by atoms with van der Waals surface area (Å²) in [6.07, 6.45) is 0. The average molecular weight is 284 g/mol. The summed E-state index contributed by atoms with van der Waals surface area (Å²) in [6, 6.07) is 8.66. The molecule has 2 nitrogen and oxygen atoms in total. The molecule has 0 saturated heterocycles. The van der Waals surface area contributed by atoms with Crippen molar-refractivity contribution in [3.05, 3.63) is 58.6 Å². The van der Waals surface area contributed by atoms with Crippen LogP contribution in [0.25, 0.3) is 0 Å². The Bertz CT molecular complexity index is 569. The molecule has 100 valence electrons. The average Bonchev–Trinajstić information content (AvgIpc) is 2.36. The SMILES string of the molecule is COc1ccc(CNc2cc(F)cc(Cl)c2)c(F)c1. The van der Waals surface area contributed by atoms with Gasteiger partial charge in [-0.25, -0.2) is 8.78 Å². The normalized spacial score (nSPS) is 10.3. The number of anilines is 1. The quantitative estimate of drug-likeness (QED) is 0.906. The highest BCUT2D eigenvalue weighted by atomic mass is 35.5. The summed E-state index contributed by atoms with van der Waals surface area (Å²) >= 11 is 5.73. The van der Waals surface area contributed by atoms with Crippen molar-refractivity contribution >= 4 is 17.3 Å². The number of hydrogen-bond acceptors (Lipinski definition) is 2. The molecule has 0 bridgehead atoms. The predicted octanol–water partition coefficient (Wildman–Crippen LogP) is 4.24. The van der Waals surface area contributed by atoms with Crippen LogP contribution in [0.3, 0.4) is 0 Å². The number of nitrogens with one attached hydrogen (secondary N) is 1. The van der Waals surface area contributed by atoms with Gasteiger partial charge in [0.05, 0.1) is 7.11 Å². The molecular formula is C14H12ClF2NO. The van der Waals surface area contributed by atoms with Gasteiger partial charge < -0.3 is 10.1 Å². The Hall–Kier alpha value is -1.81. The molecule has 0 amide bonds. The zero-order valence-electron chi connectivity index (χ0n) is 10.2. The van der Waals surface area contributed by atoms with Gasteiger partial charge in [0.1, 0.15) is 17.4 Å². The van der Waals surface area contributed by atoms with Crippen molar-refractivity contribution in [2.24, 2.45) is 0 Å². The molecule has 0 radical (unpaired) electrons. The van der Waals surface area contributed by atoms with Gasteiger partial charge in [-0.1, -0.05) is 17.7 Å². The molecule has 0 aliphatic carbocycles. The third-order valence-electron chi connectivity index (χ3n) is 2.61. The highest BCUT2D eigenvalue weighted by molar-refractivity contribution is 6.30. The summed E-state index contributed by atoms with van der Waals surface area (Å²) < 4.78 is 31.7. The van der Waals surface area contributed by atoms with Gasteiger partial charge in [0.25, 0.3) is 0 Å². The molecule has 0 aliphatic heterocycles. The molecule has 0 heterocycles. The van der Waals surface area contributed by atoms with Crippen molar-refractivity contribution in [3.8, 4) is 5.75 Å². The Kier molecular flexibility index (Phi) is 4.22. The van der Waals surface area contributed by atoms with Gasteiger partial charge in [-0.2, -0.15) is 0 Å². The predicted molar refractivity (Wildman–Crippen MR) is 71.7 cm³/mol. The van der Waals surface area contributed by atoms with Crippen molar-refractivity contribution in [2.75, 3.05) is 12.4 Å². The van der Waals surface area contributed by atoms with Gasteiger partial charge >= 0.3 is 0 Å². The van der Waals surface area contributed by atoms with Gasteiger partial charge in [0, 0.05) is 28.9 Å².